The van der Waals surface area contributed by atoms with Gasteiger partial charge >= 0.3 is 0 Å². The van der Waals surface area contributed by atoms with E-state index >= 15 is 0 Å². The zero-order chi connectivity index (χ0) is 20.0. The standard InChI is InChI=1S/C19H29N3O5S/c1-2-27-18-7-5-16(6-8-18)14-20-19(23)17-4-3-9-22(15-17)28(24,25)21-10-12-26-13-11-21/h5-8,17H,2-4,9-15H2,1H3,(H,20,23). The molecule has 2 fully saturated rings. The van der Waals surface area contributed by atoms with Crippen molar-refractivity contribution in [1.82, 2.24) is 13.9 Å². The van der Waals surface area contributed by atoms with Crippen LogP contribution < -0.4 is 10.1 Å². The molecular formula is C19H29N3O5S. The largest absolute Gasteiger partial charge is 0.494 e. The molecule has 0 saturated carbocycles. The Hall–Kier alpha value is -1.68. The Balaban J connectivity index is 1.53. The number of benzene rings is 1. The van der Waals surface area contributed by atoms with Gasteiger partial charge in [0.25, 0.3) is 10.2 Å². The highest BCUT2D eigenvalue weighted by Gasteiger charge is 2.36. The molecule has 0 radical (unpaired) electrons. The first-order valence-corrected chi connectivity index (χ1v) is 11.2. The van der Waals surface area contributed by atoms with Crippen LogP contribution in [-0.2, 0) is 26.3 Å². The Morgan fingerprint density at radius 3 is 2.57 bits per heavy atom. The fourth-order valence-electron chi connectivity index (χ4n) is 3.51. The number of nitrogens with one attached hydrogen (secondary N) is 1. The second-order valence-corrected chi connectivity index (χ2v) is 8.94. The summed E-state index contributed by atoms with van der Waals surface area (Å²) in [5, 5.41) is 2.94. The number of hydrogen-bond acceptors (Lipinski definition) is 5. The lowest BCUT2D eigenvalue weighted by molar-refractivity contribution is -0.126. The van der Waals surface area contributed by atoms with Crippen molar-refractivity contribution in [2.45, 2.75) is 26.3 Å². The van der Waals surface area contributed by atoms with E-state index < -0.39 is 10.2 Å². The van der Waals surface area contributed by atoms with Gasteiger partial charge in [0.1, 0.15) is 5.75 Å². The van der Waals surface area contributed by atoms with Crippen molar-refractivity contribution in [3.05, 3.63) is 29.8 Å². The van der Waals surface area contributed by atoms with E-state index in [0.29, 0.717) is 58.8 Å². The molecule has 8 nitrogen and oxygen atoms in total. The highest BCUT2D eigenvalue weighted by atomic mass is 32.2. The van der Waals surface area contributed by atoms with E-state index in [1.54, 1.807) is 0 Å². The molecule has 2 aliphatic heterocycles. The maximum absolute atomic E-state index is 12.8. The van der Waals surface area contributed by atoms with Crippen LogP contribution in [0.3, 0.4) is 0 Å². The Morgan fingerprint density at radius 1 is 1.18 bits per heavy atom. The molecule has 2 heterocycles. The monoisotopic (exact) mass is 411 g/mol. The van der Waals surface area contributed by atoms with Gasteiger partial charge in [0.15, 0.2) is 0 Å². The predicted octanol–water partition coefficient (Wildman–Crippen LogP) is 0.991. The lowest BCUT2D eigenvalue weighted by atomic mass is 9.99. The van der Waals surface area contributed by atoms with Crippen LogP contribution in [-0.4, -0.2) is 68.9 Å². The van der Waals surface area contributed by atoms with Crippen LogP contribution in [0.1, 0.15) is 25.3 Å². The zero-order valence-corrected chi connectivity index (χ0v) is 17.1. The van der Waals surface area contributed by atoms with Crippen molar-refractivity contribution in [2.75, 3.05) is 46.0 Å². The SMILES string of the molecule is CCOc1ccc(CNC(=O)C2CCCN(S(=O)(=O)N3CCOCC3)C2)cc1. The molecule has 3 rings (SSSR count). The van der Waals surface area contributed by atoms with Crippen LogP contribution in [0.5, 0.6) is 5.75 Å². The van der Waals surface area contributed by atoms with Gasteiger partial charge in [0.2, 0.25) is 5.91 Å². The van der Waals surface area contributed by atoms with Crippen molar-refractivity contribution in [1.29, 1.82) is 0 Å². The highest BCUT2D eigenvalue weighted by Crippen LogP contribution is 2.22. The van der Waals surface area contributed by atoms with Gasteiger partial charge in [-0.1, -0.05) is 12.1 Å². The molecule has 1 aromatic rings. The number of ether oxygens (including phenoxy) is 2. The summed E-state index contributed by atoms with van der Waals surface area (Å²) in [5.74, 6) is 0.372. The minimum Gasteiger partial charge on any atom is -0.494 e. The number of carbonyl (C=O) groups excluding carboxylic acids is 1. The Bertz CT molecular complexity index is 747. The van der Waals surface area contributed by atoms with Gasteiger partial charge in [0, 0.05) is 32.7 Å². The van der Waals surface area contributed by atoms with Crippen LogP contribution in [0.2, 0.25) is 0 Å². The fourth-order valence-corrected chi connectivity index (χ4v) is 5.18. The average Bonchev–Trinajstić information content (AvgIpc) is 2.74. The van der Waals surface area contributed by atoms with E-state index in [9.17, 15) is 13.2 Å². The van der Waals surface area contributed by atoms with E-state index in [0.717, 1.165) is 11.3 Å². The quantitative estimate of drug-likeness (QED) is 0.723. The van der Waals surface area contributed by atoms with E-state index in [1.807, 2.05) is 31.2 Å². The lowest BCUT2D eigenvalue weighted by Gasteiger charge is -2.36. The number of amides is 1. The van der Waals surface area contributed by atoms with Gasteiger partial charge in [-0.3, -0.25) is 4.79 Å². The fraction of sp³-hybridized carbons (Fsp3) is 0.632. The summed E-state index contributed by atoms with van der Waals surface area (Å²) >= 11 is 0. The average molecular weight is 412 g/mol. The normalized spacial score (nSPS) is 22.0. The molecule has 28 heavy (non-hydrogen) atoms. The van der Waals surface area contributed by atoms with Crippen LogP contribution >= 0.6 is 0 Å². The summed E-state index contributed by atoms with van der Waals surface area (Å²) < 4.78 is 39.2. The number of morpholine rings is 1. The summed E-state index contributed by atoms with van der Waals surface area (Å²) in [7, 11) is -3.54. The van der Waals surface area contributed by atoms with E-state index in [2.05, 4.69) is 5.32 Å². The third-order valence-corrected chi connectivity index (χ3v) is 7.08. The number of rotatable bonds is 7. The van der Waals surface area contributed by atoms with E-state index in [-0.39, 0.29) is 18.4 Å². The van der Waals surface area contributed by atoms with Crippen molar-refractivity contribution < 1.29 is 22.7 Å². The van der Waals surface area contributed by atoms with Crippen LogP contribution in [0.4, 0.5) is 0 Å². The first-order valence-electron chi connectivity index (χ1n) is 9.83. The maximum Gasteiger partial charge on any atom is 0.282 e. The molecule has 2 aliphatic rings. The molecular weight excluding hydrogens is 382 g/mol. The van der Waals surface area contributed by atoms with Crippen molar-refractivity contribution in [2.24, 2.45) is 5.92 Å². The molecule has 1 amide bonds. The Morgan fingerprint density at radius 2 is 1.89 bits per heavy atom. The zero-order valence-electron chi connectivity index (χ0n) is 16.3. The molecule has 0 aliphatic carbocycles. The molecule has 156 valence electrons. The van der Waals surface area contributed by atoms with Gasteiger partial charge in [-0.25, -0.2) is 0 Å². The molecule has 1 aromatic carbocycles. The molecule has 2 saturated heterocycles. The second kappa shape index (κ2) is 9.69. The molecule has 0 aromatic heterocycles. The summed E-state index contributed by atoms with van der Waals surface area (Å²) in [6, 6.07) is 7.59. The number of piperidine rings is 1. The molecule has 1 N–H and O–H groups in total. The van der Waals surface area contributed by atoms with Crippen molar-refractivity contribution >= 4 is 16.1 Å². The summed E-state index contributed by atoms with van der Waals surface area (Å²) in [4.78, 5) is 12.6. The van der Waals surface area contributed by atoms with Crippen LogP contribution in [0.25, 0.3) is 0 Å². The van der Waals surface area contributed by atoms with Crippen LogP contribution in [0.15, 0.2) is 24.3 Å². The third-order valence-electron chi connectivity index (χ3n) is 5.08. The molecule has 1 atom stereocenters. The van der Waals surface area contributed by atoms with Crippen molar-refractivity contribution in [3.63, 3.8) is 0 Å². The Labute approximate surface area is 167 Å². The van der Waals surface area contributed by atoms with Gasteiger partial charge in [-0.2, -0.15) is 17.0 Å². The third kappa shape index (κ3) is 5.22. The minimum absolute atomic E-state index is 0.101. The van der Waals surface area contributed by atoms with Gasteiger partial charge < -0.3 is 14.8 Å². The summed E-state index contributed by atoms with van der Waals surface area (Å²) in [6.07, 6.45) is 1.38. The van der Waals surface area contributed by atoms with Gasteiger partial charge in [-0.15, -0.1) is 0 Å². The topological polar surface area (TPSA) is 88.2 Å². The van der Waals surface area contributed by atoms with E-state index in [1.165, 1.54) is 8.61 Å². The van der Waals surface area contributed by atoms with Gasteiger partial charge in [-0.05, 0) is 37.5 Å². The smallest absolute Gasteiger partial charge is 0.282 e. The highest BCUT2D eigenvalue weighted by molar-refractivity contribution is 7.86. The molecule has 9 heteroatoms. The first-order chi connectivity index (χ1) is 13.5. The number of hydrogen-bond donors (Lipinski definition) is 1. The number of carbonyl (C=O) groups is 1. The predicted molar refractivity (Wildman–Crippen MR) is 105 cm³/mol. The molecule has 0 bridgehead atoms. The Kier molecular flexibility index (Phi) is 7.28. The van der Waals surface area contributed by atoms with E-state index in [4.69, 9.17) is 9.47 Å². The minimum atomic E-state index is -3.54. The van der Waals surface area contributed by atoms with Gasteiger partial charge in [0.05, 0.1) is 25.7 Å². The second-order valence-electron chi connectivity index (χ2n) is 7.01. The molecule has 0 spiro atoms. The van der Waals surface area contributed by atoms with Crippen LogP contribution in [0, 0.1) is 5.92 Å². The summed E-state index contributed by atoms with van der Waals surface area (Å²) in [6.45, 7) is 5.22. The summed E-state index contributed by atoms with van der Waals surface area (Å²) in [5.41, 5.74) is 0.977. The van der Waals surface area contributed by atoms with Crippen molar-refractivity contribution in [3.8, 4) is 5.75 Å². The molecule has 1 unspecified atom stereocenters. The maximum atomic E-state index is 12.8. The lowest BCUT2D eigenvalue weighted by Crippen LogP contribution is -2.52. The number of nitrogens with zero attached hydrogens (tertiary/aromatic N) is 2. The first kappa shape index (κ1) is 21.0.